The Hall–Kier alpha value is -2.01. The fraction of sp³-hybridized carbons (Fsp3) is 0.286. The van der Waals surface area contributed by atoms with E-state index in [-0.39, 0.29) is 5.91 Å². The Morgan fingerprint density at radius 1 is 1.60 bits per heavy atom. The van der Waals surface area contributed by atoms with E-state index in [0.717, 1.165) is 17.0 Å². The summed E-state index contributed by atoms with van der Waals surface area (Å²) in [6.45, 7) is 2.28. The van der Waals surface area contributed by atoms with Gasteiger partial charge < -0.3 is 9.32 Å². The second-order valence-electron chi connectivity index (χ2n) is 4.52. The number of rotatable bonds is 4. The molecular weight excluding hydrogens is 278 g/mol. The highest BCUT2D eigenvalue weighted by molar-refractivity contribution is 6.31. The molecule has 0 aromatic carbocycles. The fourth-order valence-corrected chi connectivity index (χ4v) is 2.07. The summed E-state index contributed by atoms with van der Waals surface area (Å²) in [4.78, 5) is 13.6. The van der Waals surface area contributed by atoms with Gasteiger partial charge in [-0.05, 0) is 25.1 Å². The van der Waals surface area contributed by atoms with E-state index in [4.69, 9.17) is 16.0 Å². The van der Waals surface area contributed by atoms with Crippen molar-refractivity contribution in [1.82, 2.24) is 14.7 Å². The third kappa shape index (κ3) is 3.11. The molecule has 1 amide bonds. The van der Waals surface area contributed by atoms with Crippen LogP contribution < -0.4 is 0 Å². The van der Waals surface area contributed by atoms with Gasteiger partial charge in [0, 0.05) is 25.7 Å². The van der Waals surface area contributed by atoms with Gasteiger partial charge in [0.05, 0.1) is 18.5 Å². The van der Waals surface area contributed by atoms with Crippen molar-refractivity contribution < 1.29 is 9.21 Å². The number of likely N-dealkylation sites (N-methyl/N-ethyl adjacent to an activating group) is 1. The number of nitrogens with zero attached hydrogens (tertiary/aromatic N) is 3. The molecule has 5 nitrogen and oxygen atoms in total. The molecule has 2 heterocycles. The molecule has 0 unspecified atom stereocenters. The van der Waals surface area contributed by atoms with Crippen LogP contribution in [0.3, 0.4) is 0 Å². The molecule has 0 radical (unpaired) electrons. The quantitative estimate of drug-likeness (QED) is 0.814. The van der Waals surface area contributed by atoms with Crippen molar-refractivity contribution in [3.05, 3.63) is 46.6 Å². The molecule has 0 N–H and O–H groups in total. The zero-order chi connectivity index (χ0) is 14.7. The lowest BCUT2D eigenvalue weighted by Gasteiger charge is -2.12. The Balaban J connectivity index is 2.05. The van der Waals surface area contributed by atoms with Crippen LogP contribution in [0.4, 0.5) is 0 Å². The van der Waals surface area contributed by atoms with Gasteiger partial charge in [-0.2, -0.15) is 5.10 Å². The molecule has 0 saturated carbocycles. The van der Waals surface area contributed by atoms with Gasteiger partial charge in [-0.1, -0.05) is 11.6 Å². The van der Waals surface area contributed by atoms with Gasteiger partial charge in [-0.15, -0.1) is 0 Å². The Kier molecular flexibility index (Phi) is 4.29. The summed E-state index contributed by atoms with van der Waals surface area (Å²) in [7, 11) is 3.48. The highest BCUT2D eigenvalue weighted by Crippen LogP contribution is 2.20. The van der Waals surface area contributed by atoms with Gasteiger partial charge in [0.2, 0.25) is 5.91 Å². The maximum absolute atomic E-state index is 12.0. The van der Waals surface area contributed by atoms with Crippen molar-refractivity contribution in [3.8, 4) is 0 Å². The summed E-state index contributed by atoms with van der Waals surface area (Å²) in [6, 6.07) is 3.62. The van der Waals surface area contributed by atoms with Crippen LogP contribution in [-0.4, -0.2) is 27.6 Å². The molecule has 2 aromatic rings. The number of furan rings is 1. The number of aryl methyl sites for hydroxylation is 2. The second-order valence-corrected chi connectivity index (χ2v) is 4.88. The predicted molar refractivity (Wildman–Crippen MR) is 77.2 cm³/mol. The molecule has 0 spiro atoms. The SMILES string of the molecule is Cc1nn(C)c(Cl)c1/C=C/C(=O)N(C)Cc1ccco1. The van der Waals surface area contributed by atoms with Crippen molar-refractivity contribution in [3.63, 3.8) is 0 Å². The van der Waals surface area contributed by atoms with Crippen molar-refractivity contribution in [1.29, 1.82) is 0 Å². The number of hydrogen-bond acceptors (Lipinski definition) is 3. The summed E-state index contributed by atoms with van der Waals surface area (Å²) in [6.07, 6.45) is 4.76. The first-order valence-electron chi connectivity index (χ1n) is 6.13. The second kappa shape index (κ2) is 5.96. The van der Waals surface area contributed by atoms with Crippen molar-refractivity contribution in [2.45, 2.75) is 13.5 Å². The first-order chi connectivity index (χ1) is 9.49. The molecule has 0 saturated heterocycles. The zero-order valence-electron chi connectivity index (χ0n) is 11.6. The smallest absolute Gasteiger partial charge is 0.246 e. The molecule has 0 atom stereocenters. The molecule has 20 heavy (non-hydrogen) atoms. The minimum atomic E-state index is -0.124. The molecule has 0 aliphatic heterocycles. The van der Waals surface area contributed by atoms with Crippen LogP contribution in [0.2, 0.25) is 5.15 Å². The first kappa shape index (κ1) is 14.4. The molecule has 0 aliphatic rings. The molecule has 106 valence electrons. The van der Waals surface area contributed by atoms with E-state index in [1.165, 1.54) is 6.08 Å². The largest absolute Gasteiger partial charge is 0.467 e. The standard InChI is InChI=1S/C14H16ClN3O2/c1-10-12(14(15)18(3)16-10)6-7-13(19)17(2)9-11-5-4-8-20-11/h4-8H,9H2,1-3H3/b7-6+. The Morgan fingerprint density at radius 2 is 2.35 bits per heavy atom. The van der Waals surface area contributed by atoms with Crippen LogP contribution >= 0.6 is 11.6 Å². The van der Waals surface area contributed by atoms with Gasteiger partial charge in [-0.25, -0.2) is 0 Å². The average molecular weight is 294 g/mol. The maximum Gasteiger partial charge on any atom is 0.246 e. The Morgan fingerprint density at radius 3 is 2.90 bits per heavy atom. The lowest BCUT2D eigenvalue weighted by Crippen LogP contribution is -2.23. The highest BCUT2D eigenvalue weighted by Gasteiger charge is 2.10. The van der Waals surface area contributed by atoms with E-state index in [9.17, 15) is 4.79 Å². The van der Waals surface area contributed by atoms with Gasteiger partial charge in [0.25, 0.3) is 0 Å². The average Bonchev–Trinajstić information content (AvgIpc) is 2.98. The maximum atomic E-state index is 12.0. The van der Waals surface area contributed by atoms with E-state index in [2.05, 4.69) is 5.10 Å². The van der Waals surface area contributed by atoms with Crippen LogP contribution in [-0.2, 0) is 18.4 Å². The van der Waals surface area contributed by atoms with Gasteiger partial charge >= 0.3 is 0 Å². The molecule has 0 fully saturated rings. The summed E-state index contributed by atoms with van der Waals surface area (Å²) in [5.74, 6) is 0.616. The molecule has 0 aliphatic carbocycles. The predicted octanol–water partition coefficient (Wildman–Crippen LogP) is 2.65. The number of halogens is 1. The van der Waals surface area contributed by atoms with Crippen LogP contribution in [0, 0.1) is 6.92 Å². The first-order valence-corrected chi connectivity index (χ1v) is 6.51. The van der Waals surface area contributed by atoms with Gasteiger partial charge in [0.1, 0.15) is 10.9 Å². The molecule has 6 heteroatoms. The highest BCUT2D eigenvalue weighted by atomic mass is 35.5. The number of carbonyl (C=O) groups is 1. The minimum Gasteiger partial charge on any atom is -0.467 e. The summed E-state index contributed by atoms with van der Waals surface area (Å²) in [5.41, 5.74) is 1.55. The lowest BCUT2D eigenvalue weighted by molar-refractivity contribution is -0.125. The lowest BCUT2D eigenvalue weighted by atomic mass is 10.2. The van der Waals surface area contributed by atoms with E-state index >= 15 is 0 Å². The van der Waals surface area contributed by atoms with E-state index in [1.54, 1.807) is 42.1 Å². The van der Waals surface area contributed by atoms with Crippen LogP contribution in [0.5, 0.6) is 0 Å². The number of carbonyl (C=O) groups excluding carboxylic acids is 1. The van der Waals surface area contributed by atoms with Crippen LogP contribution in [0.25, 0.3) is 6.08 Å². The third-order valence-corrected chi connectivity index (χ3v) is 3.39. The van der Waals surface area contributed by atoms with E-state index < -0.39 is 0 Å². The van der Waals surface area contributed by atoms with Gasteiger partial charge in [-0.3, -0.25) is 9.48 Å². The van der Waals surface area contributed by atoms with Crippen LogP contribution in [0.1, 0.15) is 17.0 Å². The van der Waals surface area contributed by atoms with Gasteiger partial charge in [0.15, 0.2) is 0 Å². The molecule has 0 bridgehead atoms. The number of hydrogen-bond donors (Lipinski definition) is 0. The summed E-state index contributed by atoms with van der Waals surface area (Å²) >= 11 is 6.10. The topological polar surface area (TPSA) is 51.3 Å². The number of aromatic nitrogens is 2. The summed E-state index contributed by atoms with van der Waals surface area (Å²) < 4.78 is 6.78. The number of amides is 1. The van der Waals surface area contributed by atoms with Crippen molar-refractivity contribution >= 4 is 23.6 Å². The summed E-state index contributed by atoms with van der Waals surface area (Å²) in [5, 5.41) is 4.70. The molecule has 2 aromatic heterocycles. The van der Waals surface area contributed by atoms with Crippen molar-refractivity contribution in [2.75, 3.05) is 7.05 Å². The Labute approximate surface area is 122 Å². The van der Waals surface area contributed by atoms with Crippen LogP contribution in [0.15, 0.2) is 28.9 Å². The minimum absolute atomic E-state index is 0.124. The molecule has 2 rings (SSSR count). The fourth-order valence-electron chi connectivity index (χ4n) is 1.83. The normalized spacial score (nSPS) is 11.2. The van der Waals surface area contributed by atoms with E-state index in [0.29, 0.717) is 11.7 Å². The Bertz CT molecular complexity index is 629. The van der Waals surface area contributed by atoms with E-state index in [1.807, 2.05) is 13.0 Å². The van der Waals surface area contributed by atoms with Crippen molar-refractivity contribution in [2.24, 2.45) is 7.05 Å². The third-order valence-electron chi connectivity index (χ3n) is 2.94. The monoisotopic (exact) mass is 293 g/mol. The zero-order valence-corrected chi connectivity index (χ0v) is 12.4. The molecular formula is C14H16ClN3O2.